The van der Waals surface area contributed by atoms with E-state index in [-0.39, 0.29) is 0 Å². The molecule has 0 unspecified atom stereocenters. The maximum atomic E-state index is 11.7. The van der Waals surface area contributed by atoms with Gasteiger partial charge in [-0.15, -0.1) is 0 Å². The zero-order chi connectivity index (χ0) is 14.5. The molecule has 0 bridgehead atoms. The van der Waals surface area contributed by atoms with E-state index in [1.807, 2.05) is 0 Å². The zero-order valence-electron chi connectivity index (χ0n) is 8.96. The second-order valence-electron chi connectivity index (χ2n) is 2.04. The van der Waals surface area contributed by atoms with E-state index in [1.165, 1.54) is 0 Å². The van der Waals surface area contributed by atoms with Crippen LogP contribution < -0.4 is 0 Å². The maximum Gasteiger partial charge on any atom is 0.421 e. The van der Waals surface area contributed by atoms with Crippen molar-refractivity contribution in [2.24, 2.45) is 0 Å². The van der Waals surface area contributed by atoms with Gasteiger partial charge in [0.25, 0.3) is 0 Å². The highest BCUT2D eigenvalue weighted by atomic mass is 28.3. The van der Waals surface area contributed by atoms with Crippen LogP contribution in [0.15, 0.2) is 0 Å². The highest BCUT2D eigenvalue weighted by molar-refractivity contribution is 6.23. The molecule has 11 heteroatoms. The minimum atomic E-state index is -4.73. The molecule has 0 fully saturated rings. The molecule has 0 amide bonds. The van der Waals surface area contributed by atoms with E-state index in [2.05, 4.69) is 9.68 Å². The molecule has 0 N–H and O–H groups in total. The Bertz CT molecular complexity index is 143. The van der Waals surface area contributed by atoms with Gasteiger partial charge in [-0.25, -0.2) is 8.78 Å². The van der Waals surface area contributed by atoms with Crippen LogP contribution in [0.25, 0.3) is 0 Å². The number of hydrogen-bond donors (Lipinski definition) is 0. The van der Waals surface area contributed by atoms with Crippen molar-refractivity contribution in [3.8, 4) is 0 Å². The lowest BCUT2D eigenvalue weighted by Gasteiger charge is -2.21. The van der Waals surface area contributed by atoms with Crippen molar-refractivity contribution in [1.29, 1.82) is 0 Å². The van der Waals surface area contributed by atoms with Crippen molar-refractivity contribution in [3.63, 3.8) is 0 Å². The second-order valence-corrected chi connectivity index (χ2v) is 2.58. The lowest BCUT2D eigenvalue weighted by molar-refractivity contribution is -0.340. The van der Waals surface area contributed by atoms with Gasteiger partial charge in [-0.2, -0.15) is 22.5 Å². The molecular weight excluding hydrogens is 284 g/mol. The van der Waals surface area contributed by atoms with Crippen LogP contribution in [0, 0.1) is 0 Å². The monoisotopic (exact) mass is 296 g/mol. The Morgan fingerprint density at radius 1 is 1.12 bits per heavy atom. The first-order valence-corrected chi connectivity index (χ1v) is 5.87. The van der Waals surface area contributed by atoms with E-state index in [4.69, 9.17) is 0 Å². The van der Waals surface area contributed by atoms with E-state index in [0.29, 0.717) is 7.11 Å². The average molecular weight is 296 g/mol. The normalized spacial score (nSPS) is 11.6. The summed E-state index contributed by atoms with van der Waals surface area (Å²) in [5, 5.41) is 0. The molecule has 0 saturated heterocycles. The predicted octanol–water partition coefficient (Wildman–Crippen LogP) is 2.73. The Morgan fingerprint density at radius 2 is 1.41 bits per heavy atom. The van der Waals surface area contributed by atoms with Crippen LogP contribution in [0.2, 0.25) is 6.55 Å². The van der Waals surface area contributed by atoms with Crippen molar-refractivity contribution < 1.29 is 44.7 Å². The molecule has 108 valence electrons. The molecule has 0 aliphatic carbocycles. The molecule has 0 aromatic heterocycles. The third-order valence-corrected chi connectivity index (χ3v) is 0.891. The van der Waals surface area contributed by atoms with Gasteiger partial charge >= 0.3 is 12.0 Å². The van der Waals surface area contributed by atoms with Crippen molar-refractivity contribution >= 4 is 9.85 Å². The Labute approximate surface area is 94.8 Å². The summed E-state index contributed by atoms with van der Waals surface area (Å²) in [6.07, 6.45) is -4.72. The van der Waals surface area contributed by atoms with Gasteiger partial charge in [0.1, 0.15) is 0 Å². The summed E-state index contributed by atoms with van der Waals surface area (Å²) < 4.78 is 91.4. The summed E-state index contributed by atoms with van der Waals surface area (Å²) in [5.74, 6) is -4.73. The van der Waals surface area contributed by atoms with Gasteiger partial charge in [-0.3, -0.25) is 0 Å². The molecule has 17 heavy (non-hydrogen) atoms. The molecule has 0 aliphatic heterocycles. The largest absolute Gasteiger partial charge is 0.421 e. The van der Waals surface area contributed by atoms with E-state index in [1.54, 1.807) is 6.55 Å². The topological polar surface area (TPSA) is 18.5 Å². The fourth-order valence-corrected chi connectivity index (χ4v) is 0.227. The summed E-state index contributed by atoms with van der Waals surface area (Å²) in [6, 6.07) is 0. The first-order chi connectivity index (χ1) is 7.70. The molecule has 0 aromatic carbocycles. The maximum absolute atomic E-state index is 11.7. The molecule has 2 nitrogen and oxygen atoms in total. The average Bonchev–Trinajstić information content (AvgIpc) is 2.30. The summed E-state index contributed by atoms with van der Waals surface area (Å²) in [6.45, 7) is -2.19. The number of halogens is 8. The Hall–Kier alpha value is -0.423. The standard InChI is InChI=1S/C4H5F5O.CH2F2O.CH5FSi/c1-10-4(8,9)3(6,7)2-5;2-1-4-3;1-3-2/h2H2,1H3;1H2;3H2,1H3. The van der Waals surface area contributed by atoms with E-state index in [0.717, 1.165) is 0 Å². The van der Waals surface area contributed by atoms with E-state index >= 15 is 0 Å². The lowest BCUT2D eigenvalue weighted by atomic mass is 10.3. The van der Waals surface area contributed by atoms with Gasteiger partial charge in [0.2, 0.25) is 16.7 Å². The molecule has 0 heterocycles. The summed E-state index contributed by atoms with van der Waals surface area (Å²) in [5.41, 5.74) is 0. The van der Waals surface area contributed by atoms with Gasteiger partial charge in [0.05, 0.1) is 0 Å². The molecule has 0 radical (unpaired) electrons. The van der Waals surface area contributed by atoms with Crippen LogP contribution in [0.4, 0.5) is 35.0 Å². The van der Waals surface area contributed by atoms with Crippen molar-refractivity contribution in [2.45, 2.75) is 18.6 Å². The highest BCUT2D eigenvalue weighted by Crippen LogP contribution is 2.34. The smallest absolute Gasteiger partial charge is 0.323 e. The van der Waals surface area contributed by atoms with E-state index < -0.39 is 35.4 Å². The number of rotatable bonds is 4. The first kappa shape index (κ1) is 21.8. The van der Waals surface area contributed by atoms with Gasteiger partial charge in [-0.05, 0) is 11.1 Å². The summed E-state index contributed by atoms with van der Waals surface area (Å²) in [4.78, 5) is 2.38. The summed E-state index contributed by atoms with van der Waals surface area (Å²) >= 11 is 0. The number of methoxy groups -OCH3 is 1. The van der Waals surface area contributed by atoms with Crippen LogP contribution in [-0.4, -0.2) is 42.5 Å². The number of hydrogen-bond acceptors (Lipinski definition) is 2. The molecule has 0 aromatic rings. The minimum Gasteiger partial charge on any atom is -0.323 e. The van der Waals surface area contributed by atoms with Crippen molar-refractivity contribution in [1.82, 2.24) is 0 Å². The molecular formula is C6H12F8O2Si. The molecule has 0 atom stereocenters. The molecule has 0 saturated carbocycles. The van der Waals surface area contributed by atoms with Crippen LogP contribution in [0.3, 0.4) is 0 Å². The fraction of sp³-hybridized carbons (Fsp3) is 1.00. The Balaban J connectivity index is -0.000000232. The third kappa shape index (κ3) is 11.8. The van der Waals surface area contributed by atoms with Gasteiger partial charge in [-0.1, -0.05) is 0 Å². The molecule has 0 aliphatic rings. The first-order valence-electron chi connectivity index (χ1n) is 3.92. The van der Waals surface area contributed by atoms with E-state index in [9.17, 15) is 35.0 Å². The van der Waals surface area contributed by atoms with Gasteiger partial charge in [0.15, 0.2) is 6.67 Å². The van der Waals surface area contributed by atoms with Crippen LogP contribution in [0.1, 0.15) is 0 Å². The van der Waals surface area contributed by atoms with Gasteiger partial charge < -0.3 is 8.84 Å². The second kappa shape index (κ2) is 12.0. The zero-order valence-corrected chi connectivity index (χ0v) is 10.4. The minimum absolute atomic E-state index is 0.379. The Kier molecular flexibility index (Phi) is 15.5. The van der Waals surface area contributed by atoms with Gasteiger partial charge in [0, 0.05) is 7.11 Å². The number of alkyl halides is 6. The van der Waals surface area contributed by atoms with Crippen LogP contribution >= 0.6 is 0 Å². The fourth-order valence-electron chi connectivity index (χ4n) is 0.227. The molecule has 0 spiro atoms. The quantitative estimate of drug-likeness (QED) is 0.451. The predicted molar refractivity (Wildman–Crippen MR) is 46.6 cm³/mol. The van der Waals surface area contributed by atoms with Crippen molar-refractivity contribution in [3.05, 3.63) is 0 Å². The Morgan fingerprint density at radius 3 is 1.47 bits per heavy atom. The molecule has 0 rings (SSSR count). The third-order valence-electron chi connectivity index (χ3n) is 0.891. The lowest BCUT2D eigenvalue weighted by Crippen LogP contribution is -2.43. The highest BCUT2D eigenvalue weighted by Gasteiger charge is 2.57. The van der Waals surface area contributed by atoms with Crippen LogP contribution in [-0.2, 0) is 9.68 Å². The number of ether oxygens (including phenoxy) is 1. The van der Waals surface area contributed by atoms with Crippen LogP contribution in [0.5, 0.6) is 0 Å². The summed E-state index contributed by atoms with van der Waals surface area (Å²) in [7, 11) is -0.705. The SMILES string of the molecule is COC(F)(F)C(F)(F)CF.C[SiH2]F.FCOF. The van der Waals surface area contributed by atoms with Crippen molar-refractivity contribution in [2.75, 3.05) is 20.6 Å².